The lowest BCUT2D eigenvalue weighted by Gasteiger charge is -2.15. The minimum atomic E-state index is -3.50. The minimum absolute atomic E-state index is 0.203. The molecule has 7 nitrogen and oxygen atoms in total. The molecule has 10 heteroatoms. The summed E-state index contributed by atoms with van der Waals surface area (Å²) in [4.78, 5) is 12.8. The average Bonchev–Trinajstić information content (AvgIpc) is 3.56. The predicted molar refractivity (Wildman–Crippen MR) is 136 cm³/mol. The second-order valence-corrected chi connectivity index (χ2v) is 12.0. The van der Waals surface area contributed by atoms with Crippen LogP contribution in [0.5, 0.6) is 0 Å². The summed E-state index contributed by atoms with van der Waals surface area (Å²) in [6.07, 6.45) is 1.76. The summed E-state index contributed by atoms with van der Waals surface area (Å²) in [5.41, 5.74) is 1.58. The molecule has 1 aliphatic heterocycles. The van der Waals surface area contributed by atoms with E-state index in [0.717, 1.165) is 22.9 Å². The Balaban J connectivity index is 1.22. The SMILES string of the molecule is O=C(Nc1nnc(SCc2cccc3ccccc23)s1)c1ccc(S(=O)(=O)N2CCCC2)cc1. The standard InChI is InChI=1S/C24H22N4O3S3/c29-22(18-10-12-20(13-11-18)34(30,31)28-14-3-4-15-28)25-23-26-27-24(33-23)32-16-19-8-5-7-17-6-1-2-9-21(17)19/h1-2,5-13H,3-4,14-16H2,(H,25,26,29). The molecule has 174 valence electrons. The van der Waals surface area contributed by atoms with Crippen molar-refractivity contribution in [2.75, 3.05) is 18.4 Å². The molecule has 34 heavy (non-hydrogen) atoms. The molecule has 1 fully saturated rings. The topological polar surface area (TPSA) is 92.3 Å². The van der Waals surface area contributed by atoms with Crippen LogP contribution in [-0.4, -0.2) is 41.9 Å². The lowest BCUT2D eigenvalue weighted by molar-refractivity contribution is 0.102. The highest BCUT2D eigenvalue weighted by molar-refractivity contribution is 8.00. The van der Waals surface area contributed by atoms with Crippen LogP contribution in [0.25, 0.3) is 10.8 Å². The maximum absolute atomic E-state index is 12.7. The van der Waals surface area contributed by atoms with Gasteiger partial charge in [-0.15, -0.1) is 10.2 Å². The highest BCUT2D eigenvalue weighted by Gasteiger charge is 2.27. The summed E-state index contributed by atoms with van der Waals surface area (Å²) in [6.45, 7) is 1.09. The van der Waals surface area contributed by atoms with Crippen LogP contribution in [0.1, 0.15) is 28.8 Å². The fourth-order valence-corrected chi connectivity index (χ4v) is 7.17. The lowest BCUT2D eigenvalue weighted by atomic mass is 10.1. The van der Waals surface area contributed by atoms with Crippen LogP contribution in [0.4, 0.5) is 5.13 Å². The Kier molecular flexibility index (Phi) is 6.64. The number of nitrogens with zero attached hydrogens (tertiary/aromatic N) is 3. The molecule has 0 atom stereocenters. The number of anilines is 1. The van der Waals surface area contributed by atoms with Crippen molar-refractivity contribution >= 4 is 54.9 Å². The monoisotopic (exact) mass is 510 g/mol. The van der Waals surface area contributed by atoms with Crippen molar-refractivity contribution in [3.05, 3.63) is 77.9 Å². The maximum atomic E-state index is 12.7. The van der Waals surface area contributed by atoms with Crippen LogP contribution in [-0.2, 0) is 15.8 Å². The highest BCUT2D eigenvalue weighted by Crippen LogP contribution is 2.31. The molecule has 0 spiro atoms. The molecular formula is C24H22N4O3S3. The van der Waals surface area contributed by atoms with Crippen molar-refractivity contribution in [2.24, 2.45) is 0 Å². The zero-order valence-corrected chi connectivity index (χ0v) is 20.6. The summed E-state index contributed by atoms with van der Waals surface area (Å²) in [5, 5.41) is 13.8. The summed E-state index contributed by atoms with van der Waals surface area (Å²) in [5.74, 6) is 0.392. The van der Waals surface area contributed by atoms with E-state index in [2.05, 4.69) is 39.8 Å². The number of sulfonamides is 1. The number of nitrogens with one attached hydrogen (secondary N) is 1. The van der Waals surface area contributed by atoms with Gasteiger partial charge in [0.25, 0.3) is 5.91 Å². The smallest absolute Gasteiger partial charge is 0.257 e. The number of thioether (sulfide) groups is 1. The number of carbonyl (C=O) groups excluding carboxylic acids is 1. The first-order chi connectivity index (χ1) is 16.5. The third-order valence-electron chi connectivity index (χ3n) is 5.68. The van der Waals surface area contributed by atoms with Crippen molar-refractivity contribution < 1.29 is 13.2 Å². The van der Waals surface area contributed by atoms with E-state index in [0.29, 0.717) is 23.8 Å². The van der Waals surface area contributed by atoms with E-state index in [4.69, 9.17) is 0 Å². The van der Waals surface area contributed by atoms with E-state index >= 15 is 0 Å². The molecular weight excluding hydrogens is 488 g/mol. The minimum Gasteiger partial charge on any atom is -0.296 e. The van der Waals surface area contributed by atoms with E-state index in [1.54, 1.807) is 11.8 Å². The second-order valence-electron chi connectivity index (χ2n) is 7.89. The third-order valence-corrected chi connectivity index (χ3v) is 9.61. The summed E-state index contributed by atoms with van der Waals surface area (Å²) in [7, 11) is -3.50. The normalized spacial score (nSPS) is 14.5. The Morgan fingerprint density at radius 2 is 1.71 bits per heavy atom. The average molecular weight is 511 g/mol. The lowest BCUT2D eigenvalue weighted by Crippen LogP contribution is -2.27. The Morgan fingerprint density at radius 1 is 0.971 bits per heavy atom. The number of amides is 1. The van der Waals surface area contributed by atoms with E-state index in [-0.39, 0.29) is 10.8 Å². The molecule has 4 aromatic rings. The molecule has 2 heterocycles. The molecule has 1 saturated heterocycles. The molecule has 0 unspecified atom stereocenters. The molecule has 1 aromatic heterocycles. The van der Waals surface area contributed by atoms with Crippen molar-refractivity contribution in [2.45, 2.75) is 27.8 Å². The van der Waals surface area contributed by atoms with Gasteiger partial charge >= 0.3 is 0 Å². The number of hydrogen-bond acceptors (Lipinski definition) is 7. The van der Waals surface area contributed by atoms with Crippen LogP contribution >= 0.6 is 23.1 Å². The van der Waals surface area contributed by atoms with Gasteiger partial charge in [-0.05, 0) is 53.4 Å². The maximum Gasteiger partial charge on any atom is 0.257 e. The van der Waals surface area contributed by atoms with E-state index in [9.17, 15) is 13.2 Å². The van der Waals surface area contributed by atoms with E-state index in [1.807, 2.05) is 18.2 Å². The van der Waals surface area contributed by atoms with E-state index in [1.165, 1.54) is 56.2 Å². The van der Waals surface area contributed by atoms with Gasteiger partial charge in [-0.25, -0.2) is 8.42 Å². The van der Waals surface area contributed by atoms with Gasteiger partial charge in [0.05, 0.1) is 4.90 Å². The molecule has 1 aliphatic rings. The summed E-state index contributed by atoms with van der Waals surface area (Å²) in [6, 6.07) is 20.5. The van der Waals surface area contributed by atoms with Gasteiger partial charge in [-0.2, -0.15) is 4.31 Å². The molecule has 0 bridgehead atoms. The summed E-state index contributed by atoms with van der Waals surface area (Å²) < 4.78 is 27.6. The van der Waals surface area contributed by atoms with Gasteiger partial charge in [0.15, 0.2) is 4.34 Å². The number of benzene rings is 3. The van der Waals surface area contributed by atoms with Crippen LogP contribution in [0.3, 0.4) is 0 Å². The Bertz CT molecular complexity index is 1420. The number of carbonyl (C=O) groups is 1. The molecule has 0 saturated carbocycles. The third kappa shape index (κ3) is 4.85. The number of fused-ring (bicyclic) bond motifs is 1. The van der Waals surface area contributed by atoms with Gasteiger partial charge in [0, 0.05) is 24.4 Å². The van der Waals surface area contributed by atoms with Gasteiger partial charge in [0.2, 0.25) is 15.2 Å². The van der Waals surface area contributed by atoms with Gasteiger partial charge < -0.3 is 0 Å². The van der Waals surface area contributed by atoms with Crippen LogP contribution in [0.15, 0.2) is 76.0 Å². The van der Waals surface area contributed by atoms with Crippen LogP contribution < -0.4 is 5.32 Å². The first-order valence-electron chi connectivity index (χ1n) is 10.9. The van der Waals surface area contributed by atoms with Gasteiger partial charge in [-0.3, -0.25) is 10.1 Å². The second kappa shape index (κ2) is 9.83. The Hall–Kier alpha value is -2.79. The molecule has 1 N–H and O–H groups in total. The van der Waals surface area contributed by atoms with Crippen molar-refractivity contribution in [1.29, 1.82) is 0 Å². The number of rotatable bonds is 7. The Labute approximate surface area is 206 Å². The fraction of sp³-hybridized carbons (Fsp3) is 0.208. The number of hydrogen-bond donors (Lipinski definition) is 1. The molecule has 3 aromatic carbocycles. The van der Waals surface area contributed by atoms with Crippen molar-refractivity contribution in [3.63, 3.8) is 0 Å². The molecule has 0 aliphatic carbocycles. The first-order valence-corrected chi connectivity index (χ1v) is 14.1. The molecule has 5 rings (SSSR count). The molecule has 1 amide bonds. The van der Waals surface area contributed by atoms with E-state index < -0.39 is 10.0 Å². The largest absolute Gasteiger partial charge is 0.296 e. The van der Waals surface area contributed by atoms with Gasteiger partial charge in [-0.1, -0.05) is 65.6 Å². The van der Waals surface area contributed by atoms with Crippen molar-refractivity contribution in [1.82, 2.24) is 14.5 Å². The summed E-state index contributed by atoms with van der Waals surface area (Å²) >= 11 is 2.88. The number of aromatic nitrogens is 2. The van der Waals surface area contributed by atoms with Crippen LogP contribution in [0, 0.1) is 0 Å². The molecule has 0 radical (unpaired) electrons. The first kappa shape index (κ1) is 23.0. The predicted octanol–water partition coefficient (Wildman–Crippen LogP) is 5.02. The zero-order chi connectivity index (χ0) is 23.5. The quantitative estimate of drug-likeness (QED) is 0.277. The fourth-order valence-electron chi connectivity index (χ4n) is 3.90. The Morgan fingerprint density at radius 3 is 2.50 bits per heavy atom. The van der Waals surface area contributed by atoms with Gasteiger partial charge in [0.1, 0.15) is 0 Å². The van der Waals surface area contributed by atoms with Crippen LogP contribution in [0.2, 0.25) is 0 Å². The highest BCUT2D eigenvalue weighted by atomic mass is 32.2. The van der Waals surface area contributed by atoms with Crippen molar-refractivity contribution in [3.8, 4) is 0 Å². The zero-order valence-electron chi connectivity index (χ0n) is 18.2.